The Balaban J connectivity index is 1.77. The molecule has 1 aromatic heterocycles. The van der Waals surface area contributed by atoms with Gasteiger partial charge >= 0.3 is 5.97 Å². The molecule has 3 atom stereocenters. The molecular formula is C21H27N3O4S. The molecule has 1 aromatic carbocycles. The molecular weight excluding hydrogens is 390 g/mol. The first-order valence-corrected chi connectivity index (χ1v) is 10.9. The second-order valence-corrected chi connectivity index (χ2v) is 8.55. The lowest BCUT2D eigenvalue weighted by atomic mass is 9.78. The lowest BCUT2D eigenvalue weighted by molar-refractivity contribution is -0.141. The van der Waals surface area contributed by atoms with Gasteiger partial charge in [-0.3, -0.25) is 19.0 Å². The number of rotatable bonds is 6. The van der Waals surface area contributed by atoms with E-state index in [1.165, 1.54) is 18.1 Å². The number of para-hydroxylation sites is 1. The minimum absolute atomic E-state index is 0.0898. The third kappa shape index (κ3) is 4.98. The largest absolute Gasteiger partial charge is 0.468 e. The van der Waals surface area contributed by atoms with E-state index in [0.717, 1.165) is 24.6 Å². The molecule has 0 spiro atoms. The summed E-state index contributed by atoms with van der Waals surface area (Å²) in [6.07, 6.45) is 3.31. The highest BCUT2D eigenvalue weighted by Crippen LogP contribution is 2.29. The Morgan fingerprint density at radius 3 is 2.79 bits per heavy atom. The second-order valence-electron chi connectivity index (χ2n) is 7.61. The van der Waals surface area contributed by atoms with E-state index in [1.54, 1.807) is 24.3 Å². The van der Waals surface area contributed by atoms with Gasteiger partial charge in [0.15, 0.2) is 5.16 Å². The van der Waals surface area contributed by atoms with Crippen molar-refractivity contribution in [2.24, 2.45) is 11.8 Å². The zero-order valence-electron chi connectivity index (χ0n) is 17.0. The van der Waals surface area contributed by atoms with Crippen molar-refractivity contribution in [2.75, 3.05) is 12.9 Å². The van der Waals surface area contributed by atoms with Crippen LogP contribution in [0.25, 0.3) is 10.9 Å². The molecule has 2 aromatic rings. The average molecular weight is 418 g/mol. The maximum absolute atomic E-state index is 12.8. The standard InChI is InChI=1S/C21H27N3O4S/c1-13-7-6-10-16(14(13)2)22-18(25)12-29-21-23-17-9-5-4-8-15(17)20(27)24(21)11-19(26)28-3/h4-5,8-9,13-14,16H,6-7,10-12H2,1-3H3,(H,22,25)/t13-,14-,16-/m1/s1. The molecule has 1 aliphatic rings. The van der Waals surface area contributed by atoms with E-state index < -0.39 is 5.97 Å². The highest BCUT2D eigenvalue weighted by Gasteiger charge is 2.28. The fourth-order valence-electron chi connectivity index (χ4n) is 3.76. The van der Waals surface area contributed by atoms with Crippen LogP contribution in [0.3, 0.4) is 0 Å². The number of nitrogens with zero attached hydrogens (tertiary/aromatic N) is 2. The fourth-order valence-corrected chi connectivity index (χ4v) is 4.56. The van der Waals surface area contributed by atoms with Crippen LogP contribution in [0.4, 0.5) is 0 Å². The van der Waals surface area contributed by atoms with Gasteiger partial charge in [-0.1, -0.05) is 50.6 Å². The number of carbonyl (C=O) groups is 2. The summed E-state index contributed by atoms with van der Waals surface area (Å²) < 4.78 is 5.98. The second kappa shape index (κ2) is 9.43. The van der Waals surface area contributed by atoms with Crippen molar-refractivity contribution >= 4 is 34.5 Å². The van der Waals surface area contributed by atoms with E-state index in [2.05, 4.69) is 24.1 Å². The van der Waals surface area contributed by atoms with Crippen molar-refractivity contribution in [1.82, 2.24) is 14.9 Å². The third-order valence-electron chi connectivity index (χ3n) is 5.73. The minimum Gasteiger partial charge on any atom is -0.468 e. The number of esters is 1. The highest BCUT2D eigenvalue weighted by molar-refractivity contribution is 7.99. The van der Waals surface area contributed by atoms with Gasteiger partial charge in [0, 0.05) is 6.04 Å². The number of benzene rings is 1. The normalized spacial score (nSPS) is 21.7. The predicted molar refractivity (Wildman–Crippen MR) is 113 cm³/mol. The van der Waals surface area contributed by atoms with Crippen molar-refractivity contribution in [3.05, 3.63) is 34.6 Å². The van der Waals surface area contributed by atoms with Crippen LogP contribution in [-0.2, 0) is 20.9 Å². The number of nitrogens with one attached hydrogen (secondary N) is 1. The van der Waals surface area contributed by atoms with E-state index >= 15 is 0 Å². The van der Waals surface area contributed by atoms with Crippen LogP contribution in [0.1, 0.15) is 33.1 Å². The SMILES string of the molecule is COC(=O)Cn1c(SCC(=O)N[C@@H]2CCC[C@@H](C)[C@H]2C)nc2ccccc2c1=O. The van der Waals surface area contributed by atoms with Crippen molar-refractivity contribution in [3.63, 3.8) is 0 Å². The zero-order valence-corrected chi connectivity index (χ0v) is 17.8. The van der Waals surface area contributed by atoms with Gasteiger partial charge in [-0.2, -0.15) is 0 Å². The first kappa shape index (κ1) is 21.4. The molecule has 0 unspecified atom stereocenters. The summed E-state index contributed by atoms with van der Waals surface area (Å²) in [7, 11) is 1.27. The Hall–Kier alpha value is -2.35. The lowest BCUT2D eigenvalue weighted by Crippen LogP contribution is -2.44. The van der Waals surface area contributed by atoms with Gasteiger partial charge in [0.1, 0.15) is 6.54 Å². The summed E-state index contributed by atoms with van der Waals surface area (Å²) in [6, 6.07) is 7.14. The summed E-state index contributed by atoms with van der Waals surface area (Å²) in [5.41, 5.74) is 0.217. The van der Waals surface area contributed by atoms with Crippen molar-refractivity contribution in [2.45, 2.75) is 50.9 Å². The van der Waals surface area contributed by atoms with Gasteiger partial charge in [0.05, 0.1) is 23.8 Å². The summed E-state index contributed by atoms with van der Waals surface area (Å²) in [6.45, 7) is 4.16. The molecule has 1 N–H and O–H groups in total. The molecule has 0 radical (unpaired) electrons. The van der Waals surface area contributed by atoms with Crippen LogP contribution in [-0.4, -0.2) is 40.3 Å². The van der Waals surface area contributed by atoms with E-state index in [4.69, 9.17) is 4.74 Å². The molecule has 1 heterocycles. The number of hydrogen-bond donors (Lipinski definition) is 1. The summed E-state index contributed by atoms with van der Waals surface area (Å²) in [5, 5.41) is 3.88. The molecule has 1 fully saturated rings. The number of hydrogen-bond acceptors (Lipinski definition) is 6. The van der Waals surface area contributed by atoms with Crippen LogP contribution >= 0.6 is 11.8 Å². The molecule has 1 aliphatic carbocycles. The smallest absolute Gasteiger partial charge is 0.325 e. The van der Waals surface area contributed by atoms with Gasteiger partial charge < -0.3 is 10.1 Å². The van der Waals surface area contributed by atoms with Gasteiger partial charge in [0.25, 0.3) is 5.56 Å². The molecule has 0 bridgehead atoms. The van der Waals surface area contributed by atoms with Crippen LogP contribution in [0.2, 0.25) is 0 Å². The Kier molecular flexibility index (Phi) is 6.95. The number of fused-ring (bicyclic) bond motifs is 1. The third-order valence-corrected chi connectivity index (χ3v) is 6.70. The molecule has 1 amide bonds. The van der Waals surface area contributed by atoms with Crippen LogP contribution < -0.4 is 10.9 Å². The molecule has 1 saturated carbocycles. The highest BCUT2D eigenvalue weighted by atomic mass is 32.2. The Morgan fingerprint density at radius 1 is 1.28 bits per heavy atom. The number of thioether (sulfide) groups is 1. The maximum Gasteiger partial charge on any atom is 0.325 e. The van der Waals surface area contributed by atoms with Gasteiger partial charge in [0.2, 0.25) is 5.91 Å². The van der Waals surface area contributed by atoms with Crippen molar-refractivity contribution in [3.8, 4) is 0 Å². The number of carbonyl (C=O) groups excluding carboxylic acids is 2. The number of amides is 1. The van der Waals surface area contributed by atoms with Gasteiger partial charge in [-0.25, -0.2) is 4.98 Å². The zero-order chi connectivity index (χ0) is 21.0. The van der Waals surface area contributed by atoms with Gasteiger partial charge in [-0.15, -0.1) is 0 Å². The topological polar surface area (TPSA) is 90.3 Å². The quantitative estimate of drug-likeness (QED) is 0.441. The number of ether oxygens (including phenoxy) is 1. The fraction of sp³-hybridized carbons (Fsp3) is 0.524. The van der Waals surface area contributed by atoms with Crippen LogP contribution in [0, 0.1) is 11.8 Å². The molecule has 3 rings (SSSR count). The monoisotopic (exact) mass is 417 g/mol. The summed E-state index contributed by atoms with van der Waals surface area (Å²) in [4.78, 5) is 41.7. The van der Waals surface area contributed by atoms with Gasteiger partial charge in [-0.05, 0) is 30.4 Å². The Bertz CT molecular complexity index is 959. The molecule has 8 heteroatoms. The first-order valence-electron chi connectivity index (χ1n) is 9.89. The molecule has 0 aliphatic heterocycles. The maximum atomic E-state index is 12.8. The number of aromatic nitrogens is 2. The molecule has 156 valence electrons. The lowest BCUT2D eigenvalue weighted by Gasteiger charge is -2.34. The average Bonchev–Trinajstić information content (AvgIpc) is 2.72. The number of methoxy groups -OCH3 is 1. The molecule has 7 nitrogen and oxygen atoms in total. The molecule has 29 heavy (non-hydrogen) atoms. The first-order chi connectivity index (χ1) is 13.9. The predicted octanol–water partition coefficient (Wildman–Crippen LogP) is 2.60. The van der Waals surface area contributed by atoms with E-state index in [0.29, 0.717) is 27.9 Å². The van der Waals surface area contributed by atoms with Crippen molar-refractivity contribution in [1.29, 1.82) is 0 Å². The summed E-state index contributed by atoms with van der Waals surface area (Å²) in [5.74, 6) is 0.528. The Morgan fingerprint density at radius 2 is 2.03 bits per heavy atom. The minimum atomic E-state index is -0.541. The van der Waals surface area contributed by atoms with Crippen LogP contribution in [0.15, 0.2) is 34.2 Å². The van der Waals surface area contributed by atoms with Crippen molar-refractivity contribution < 1.29 is 14.3 Å². The molecule has 0 saturated heterocycles. The van der Waals surface area contributed by atoms with E-state index in [1.807, 2.05) is 0 Å². The van der Waals surface area contributed by atoms with E-state index in [-0.39, 0.29) is 29.8 Å². The summed E-state index contributed by atoms with van der Waals surface area (Å²) >= 11 is 1.16. The van der Waals surface area contributed by atoms with E-state index in [9.17, 15) is 14.4 Å². The van der Waals surface area contributed by atoms with Crippen LogP contribution in [0.5, 0.6) is 0 Å². The Labute approximate surface area is 174 Å².